The minimum atomic E-state index is -0.583. The van der Waals surface area contributed by atoms with Gasteiger partial charge in [0.2, 0.25) is 5.91 Å². The molecule has 0 aromatic carbocycles. The molecule has 0 aliphatic carbocycles. The normalized spacial score (nSPS) is 10.4. The summed E-state index contributed by atoms with van der Waals surface area (Å²) in [5, 5.41) is 6.77. The zero-order valence-electron chi connectivity index (χ0n) is 12.2. The molecule has 0 aliphatic rings. The third-order valence-corrected chi connectivity index (χ3v) is 3.16. The van der Waals surface area contributed by atoms with E-state index in [2.05, 4.69) is 15.2 Å². The van der Waals surface area contributed by atoms with Crippen molar-refractivity contribution in [3.63, 3.8) is 0 Å². The van der Waals surface area contributed by atoms with E-state index in [1.54, 1.807) is 26.3 Å². The monoisotopic (exact) mass is 291 g/mol. The largest absolute Gasteiger partial charge is 0.469 e. The van der Waals surface area contributed by atoms with Gasteiger partial charge in [0, 0.05) is 19.9 Å². The first-order chi connectivity index (χ1) is 10.0. The van der Waals surface area contributed by atoms with Crippen molar-refractivity contribution < 1.29 is 18.7 Å². The predicted octanol–water partition coefficient (Wildman–Crippen LogP) is 1.68. The number of esters is 1. The van der Waals surface area contributed by atoms with Crippen molar-refractivity contribution in [3.8, 4) is 0 Å². The fourth-order valence-corrected chi connectivity index (χ4v) is 1.89. The molecule has 0 saturated carbocycles. The fourth-order valence-electron chi connectivity index (χ4n) is 1.89. The van der Waals surface area contributed by atoms with Gasteiger partial charge >= 0.3 is 5.97 Å². The van der Waals surface area contributed by atoms with Crippen LogP contribution in [0, 0.1) is 6.92 Å². The number of methoxy groups -OCH3 is 1. The number of amides is 1. The zero-order chi connectivity index (χ0) is 15.4. The quantitative estimate of drug-likeness (QED) is 0.847. The Morgan fingerprint density at radius 3 is 2.86 bits per heavy atom. The molecular weight excluding hydrogens is 274 g/mol. The molecule has 0 aliphatic heterocycles. The molecule has 112 valence electrons. The Hall–Kier alpha value is -2.57. The third kappa shape index (κ3) is 3.31. The van der Waals surface area contributed by atoms with Gasteiger partial charge in [0.25, 0.3) is 0 Å². The molecule has 1 N–H and O–H groups in total. The number of hydrogen-bond donors (Lipinski definition) is 1. The van der Waals surface area contributed by atoms with E-state index in [1.165, 1.54) is 11.8 Å². The van der Waals surface area contributed by atoms with Crippen LogP contribution in [-0.2, 0) is 23.0 Å². The smallest absolute Gasteiger partial charge is 0.360 e. The Labute approximate surface area is 121 Å². The van der Waals surface area contributed by atoms with Crippen LogP contribution in [0.4, 0.5) is 5.69 Å². The zero-order valence-corrected chi connectivity index (χ0v) is 12.2. The molecule has 2 heterocycles. The molecule has 2 aromatic heterocycles. The Morgan fingerprint density at radius 1 is 1.48 bits per heavy atom. The minimum absolute atomic E-state index is 0.101. The molecule has 0 bridgehead atoms. The predicted molar refractivity (Wildman–Crippen MR) is 74.9 cm³/mol. The van der Waals surface area contributed by atoms with Crippen molar-refractivity contribution in [3.05, 3.63) is 35.5 Å². The molecule has 0 radical (unpaired) electrons. The first-order valence-corrected chi connectivity index (χ1v) is 6.47. The lowest BCUT2D eigenvalue weighted by atomic mass is 10.2. The highest BCUT2D eigenvalue weighted by molar-refractivity contribution is 6.00. The number of aromatic nitrogens is 2. The van der Waals surface area contributed by atoms with Gasteiger partial charge in [-0.3, -0.25) is 9.48 Å². The Kier molecular flexibility index (Phi) is 4.42. The van der Waals surface area contributed by atoms with Crippen molar-refractivity contribution in [1.82, 2.24) is 9.78 Å². The standard InChI is InChI=1S/C14H17N3O4/c1-9-12(13(14(19)20-3)16-17(9)2)15-11(18)7-6-10-5-4-8-21-10/h4-5,8H,6-7H2,1-3H3,(H,15,18). The summed E-state index contributed by atoms with van der Waals surface area (Å²) in [6.07, 6.45) is 2.31. The lowest BCUT2D eigenvalue weighted by Crippen LogP contribution is -2.15. The molecule has 21 heavy (non-hydrogen) atoms. The van der Waals surface area contributed by atoms with Crippen LogP contribution in [0.15, 0.2) is 22.8 Å². The number of furan rings is 1. The third-order valence-electron chi connectivity index (χ3n) is 3.16. The number of rotatable bonds is 5. The highest BCUT2D eigenvalue weighted by Gasteiger charge is 2.21. The van der Waals surface area contributed by atoms with Crippen LogP contribution in [0.5, 0.6) is 0 Å². The lowest BCUT2D eigenvalue weighted by Gasteiger charge is -2.05. The van der Waals surface area contributed by atoms with Crippen LogP contribution in [0.3, 0.4) is 0 Å². The summed E-state index contributed by atoms with van der Waals surface area (Å²) in [4.78, 5) is 23.7. The molecule has 0 saturated heterocycles. The maximum absolute atomic E-state index is 12.0. The Morgan fingerprint density at radius 2 is 2.24 bits per heavy atom. The second-order valence-electron chi connectivity index (χ2n) is 4.55. The molecule has 2 rings (SSSR count). The average molecular weight is 291 g/mol. The highest BCUT2D eigenvalue weighted by atomic mass is 16.5. The van der Waals surface area contributed by atoms with E-state index in [0.717, 1.165) is 5.76 Å². The van der Waals surface area contributed by atoms with E-state index in [-0.39, 0.29) is 18.0 Å². The summed E-state index contributed by atoms with van der Waals surface area (Å²) in [6.45, 7) is 1.77. The maximum atomic E-state index is 12.0. The summed E-state index contributed by atoms with van der Waals surface area (Å²) in [5.74, 6) is -0.0612. The summed E-state index contributed by atoms with van der Waals surface area (Å²) >= 11 is 0. The Bertz CT molecular complexity index is 643. The molecule has 0 fully saturated rings. The number of carbonyl (C=O) groups is 2. The number of hydrogen-bond acceptors (Lipinski definition) is 5. The molecule has 2 aromatic rings. The average Bonchev–Trinajstić information content (AvgIpc) is 3.08. The lowest BCUT2D eigenvalue weighted by molar-refractivity contribution is -0.116. The van der Waals surface area contributed by atoms with E-state index in [9.17, 15) is 9.59 Å². The van der Waals surface area contributed by atoms with Gasteiger partial charge in [-0.05, 0) is 19.1 Å². The van der Waals surface area contributed by atoms with Gasteiger partial charge in [-0.1, -0.05) is 0 Å². The number of nitrogens with zero attached hydrogens (tertiary/aromatic N) is 2. The Balaban J connectivity index is 2.07. The molecule has 0 spiro atoms. The second-order valence-corrected chi connectivity index (χ2v) is 4.55. The second kappa shape index (κ2) is 6.25. The van der Waals surface area contributed by atoms with Crippen molar-refractivity contribution in [2.24, 2.45) is 7.05 Å². The number of carbonyl (C=O) groups excluding carboxylic acids is 2. The molecule has 7 heteroatoms. The van der Waals surface area contributed by atoms with Crippen molar-refractivity contribution in [1.29, 1.82) is 0 Å². The fraction of sp³-hybridized carbons (Fsp3) is 0.357. The van der Waals surface area contributed by atoms with Crippen LogP contribution in [0.25, 0.3) is 0 Å². The van der Waals surface area contributed by atoms with Gasteiger partial charge in [-0.2, -0.15) is 5.10 Å². The topological polar surface area (TPSA) is 86.4 Å². The number of nitrogens with one attached hydrogen (secondary N) is 1. The van der Waals surface area contributed by atoms with Gasteiger partial charge < -0.3 is 14.5 Å². The van der Waals surface area contributed by atoms with E-state index in [4.69, 9.17) is 4.42 Å². The highest BCUT2D eigenvalue weighted by Crippen LogP contribution is 2.20. The molecule has 0 atom stereocenters. The van der Waals surface area contributed by atoms with Crippen LogP contribution < -0.4 is 5.32 Å². The van der Waals surface area contributed by atoms with Crippen molar-refractivity contribution >= 4 is 17.6 Å². The molecule has 1 amide bonds. The van der Waals surface area contributed by atoms with Crippen molar-refractivity contribution in [2.45, 2.75) is 19.8 Å². The number of anilines is 1. The molecule has 0 unspecified atom stereocenters. The van der Waals surface area contributed by atoms with Gasteiger partial charge in [0.05, 0.1) is 24.8 Å². The number of aryl methyl sites for hydroxylation is 2. The van der Waals surface area contributed by atoms with Crippen LogP contribution in [0.1, 0.15) is 28.4 Å². The van der Waals surface area contributed by atoms with E-state index >= 15 is 0 Å². The van der Waals surface area contributed by atoms with Crippen LogP contribution >= 0.6 is 0 Å². The maximum Gasteiger partial charge on any atom is 0.360 e. The summed E-state index contributed by atoms with van der Waals surface area (Å²) in [7, 11) is 2.97. The SMILES string of the molecule is COC(=O)c1nn(C)c(C)c1NC(=O)CCc1ccco1. The summed E-state index contributed by atoms with van der Waals surface area (Å²) in [6, 6.07) is 3.58. The first kappa shape index (κ1) is 14.8. The number of ether oxygens (including phenoxy) is 1. The van der Waals surface area contributed by atoms with Crippen LogP contribution in [0.2, 0.25) is 0 Å². The van der Waals surface area contributed by atoms with Crippen LogP contribution in [-0.4, -0.2) is 28.8 Å². The minimum Gasteiger partial charge on any atom is -0.469 e. The van der Waals surface area contributed by atoms with Crippen molar-refractivity contribution in [2.75, 3.05) is 12.4 Å². The first-order valence-electron chi connectivity index (χ1n) is 6.47. The van der Waals surface area contributed by atoms with E-state index in [1.807, 2.05) is 6.07 Å². The van der Waals surface area contributed by atoms with E-state index in [0.29, 0.717) is 17.8 Å². The van der Waals surface area contributed by atoms with Gasteiger partial charge in [-0.15, -0.1) is 0 Å². The van der Waals surface area contributed by atoms with Gasteiger partial charge in [0.15, 0.2) is 5.69 Å². The van der Waals surface area contributed by atoms with Gasteiger partial charge in [0.1, 0.15) is 5.76 Å². The summed E-state index contributed by atoms with van der Waals surface area (Å²) in [5.41, 5.74) is 1.17. The molecular formula is C14H17N3O4. The van der Waals surface area contributed by atoms with E-state index < -0.39 is 5.97 Å². The molecule has 7 nitrogen and oxygen atoms in total. The van der Waals surface area contributed by atoms with Gasteiger partial charge in [-0.25, -0.2) is 4.79 Å². The summed E-state index contributed by atoms with van der Waals surface area (Å²) < 4.78 is 11.4.